The van der Waals surface area contributed by atoms with Crippen molar-refractivity contribution in [2.75, 3.05) is 6.54 Å². The summed E-state index contributed by atoms with van der Waals surface area (Å²) in [5, 5.41) is 0. The van der Waals surface area contributed by atoms with Crippen molar-refractivity contribution in [3.63, 3.8) is 0 Å². The fourth-order valence-corrected chi connectivity index (χ4v) is 2.69. The summed E-state index contributed by atoms with van der Waals surface area (Å²) in [5.74, 6) is 0.214. The van der Waals surface area contributed by atoms with E-state index in [4.69, 9.17) is 0 Å². The zero-order valence-corrected chi connectivity index (χ0v) is 11.1. The van der Waals surface area contributed by atoms with E-state index in [1.54, 1.807) is 0 Å². The molecule has 1 aliphatic heterocycles. The molecule has 0 aliphatic carbocycles. The number of benzene rings is 2. The van der Waals surface area contributed by atoms with Gasteiger partial charge >= 0.3 is 0 Å². The molecule has 0 atom stereocenters. The number of ketones is 1. The molecule has 0 unspecified atom stereocenters. The molecule has 1 heterocycles. The Morgan fingerprint density at radius 1 is 1.00 bits per heavy atom. The molecule has 0 saturated heterocycles. The van der Waals surface area contributed by atoms with Crippen molar-refractivity contribution >= 4 is 5.78 Å². The van der Waals surface area contributed by atoms with E-state index in [0.29, 0.717) is 6.54 Å². The largest absolute Gasteiger partial charge is 0.293 e. The first-order valence-electron chi connectivity index (χ1n) is 6.62. The SMILES string of the molecule is Cc1ccccc1C(=O)CN1Cc2ccccc2C1. The summed E-state index contributed by atoms with van der Waals surface area (Å²) >= 11 is 0. The van der Waals surface area contributed by atoms with Crippen LogP contribution in [0.5, 0.6) is 0 Å². The summed E-state index contributed by atoms with van der Waals surface area (Å²) in [7, 11) is 0. The van der Waals surface area contributed by atoms with Gasteiger partial charge in [0.05, 0.1) is 6.54 Å². The molecule has 0 N–H and O–H groups in total. The molecule has 1 aliphatic rings. The Kier molecular flexibility index (Phi) is 3.18. The van der Waals surface area contributed by atoms with Crippen molar-refractivity contribution in [3.8, 4) is 0 Å². The van der Waals surface area contributed by atoms with Crippen LogP contribution in [-0.2, 0) is 13.1 Å². The van der Waals surface area contributed by atoms with Crippen LogP contribution in [0.1, 0.15) is 27.0 Å². The third kappa shape index (κ3) is 2.45. The number of Topliss-reactive ketones (excluding diaryl/α,β-unsaturated/α-hetero) is 1. The zero-order chi connectivity index (χ0) is 13.2. The number of rotatable bonds is 3. The number of hydrogen-bond donors (Lipinski definition) is 0. The summed E-state index contributed by atoms with van der Waals surface area (Å²) < 4.78 is 0. The van der Waals surface area contributed by atoms with Crippen molar-refractivity contribution in [1.29, 1.82) is 0 Å². The van der Waals surface area contributed by atoms with Gasteiger partial charge in [-0.05, 0) is 23.6 Å². The van der Waals surface area contributed by atoms with Gasteiger partial charge in [0.15, 0.2) is 5.78 Å². The summed E-state index contributed by atoms with van der Waals surface area (Å²) in [6, 6.07) is 16.2. The van der Waals surface area contributed by atoms with Crippen LogP contribution in [0.2, 0.25) is 0 Å². The maximum absolute atomic E-state index is 12.3. The quantitative estimate of drug-likeness (QED) is 0.781. The van der Waals surface area contributed by atoms with E-state index in [2.05, 4.69) is 29.2 Å². The molecular weight excluding hydrogens is 234 g/mol. The van der Waals surface area contributed by atoms with Crippen LogP contribution in [0.3, 0.4) is 0 Å². The smallest absolute Gasteiger partial charge is 0.177 e. The Labute approximate surface area is 113 Å². The van der Waals surface area contributed by atoms with Crippen LogP contribution in [0.4, 0.5) is 0 Å². The lowest BCUT2D eigenvalue weighted by Gasteiger charge is -2.14. The fourth-order valence-electron chi connectivity index (χ4n) is 2.69. The number of carbonyl (C=O) groups excluding carboxylic acids is 1. The molecule has 2 nitrogen and oxygen atoms in total. The van der Waals surface area contributed by atoms with Crippen molar-refractivity contribution in [3.05, 3.63) is 70.8 Å². The van der Waals surface area contributed by atoms with Crippen molar-refractivity contribution < 1.29 is 4.79 Å². The van der Waals surface area contributed by atoms with Gasteiger partial charge in [-0.2, -0.15) is 0 Å². The standard InChI is InChI=1S/C17H17NO/c1-13-6-2-5-9-16(13)17(19)12-18-10-14-7-3-4-8-15(14)11-18/h2-9H,10-12H2,1H3. The van der Waals surface area contributed by atoms with Gasteiger partial charge in [0.25, 0.3) is 0 Å². The number of aryl methyl sites for hydroxylation is 1. The van der Waals surface area contributed by atoms with E-state index in [1.807, 2.05) is 31.2 Å². The molecule has 0 aromatic heterocycles. The minimum atomic E-state index is 0.214. The molecular formula is C17H17NO. The minimum Gasteiger partial charge on any atom is -0.293 e. The zero-order valence-electron chi connectivity index (χ0n) is 11.1. The monoisotopic (exact) mass is 251 g/mol. The highest BCUT2D eigenvalue weighted by Crippen LogP contribution is 2.22. The maximum Gasteiger partial charge on any atom is 0.177 e. The molecule has 2 aromatic rings. The first-order chi connectivity index (χ1) is 9.24. The average Bonchev–Trinajstić information content (AvgIpc) is 2.81. The molecule has 0 bridgehead atoms. The molecule has 2 heteroatoms. The van der Waals surface area contributed by atoms with E-state index >= 15 is 0 Å². The van der Waals surface area contributed by atoms with Crippen molar-refractivity contribution in [1.82, 2.24) is 4.90 Å². The molecule has 0 spiro atoms. The molecule has 96 valence electrons. The number of nitrogens with zero attached hydrogens (tertiary/aromatic N) is 1. The van der Waals surface area contributed by atoms with Crippen molar-refractivity contribution in [2.45, 2.75) is 20.0 Å². The topological polar surface area (TPSA) is 20.3 Å². The number of carbonyl (C=O) groups is 1. The Hall–Kier alpha value is -1.93. The Bertz CT molecular complexity index is 593. The van der Waals surface area contributed by atoms with E-state index < -0.39 is 0 Å². The highest BCUT2D eigenvalue weighted by molar-refractivity contribution is 5.98. The summed E-state index contributed by atoms with van der Waals surface area (Å²) in [5.41, 5.74) is 4.60. The predicted molar refractivity (Wildman–Crippen MR) is 76.1 cm³/mol. The van der Waals surface area contributed by atoms with Crippen LogP contribution in [-0.4, -0.2) is 17.2 Å². The molecule has 0 fully saturated rings. The van der Waals surface area contributed by atoms with Gasteiger partial charge < -0.3 is 0 Å². The lowest BCUT2D eigenvalue weighted by molar-refractivity contribution is 0.0929. The van der Waals surface area contributed by atoms with Crippen LogP contribution in [0.25, 0.3) is 0 Å². The van der Waals surface area contributed by atoms with Crippen molar-refractivity contribution in [2.24, 2.45) is 0 Å². The van der Waals surface area contributed by atoms with E-state index in [-0.39, 0.29) is 5.78 Å². The summed E-state index contributed by atoms with van der Waals surface area (Å²) in [4.78, 5) is 14.5. The van der Waals surface area contributed by atoms with E-state index in [0.717, 1.165) is 24.2 Å². The molecule has 0 amide bonds. The van der Waals surface area contributed by atoms with Gasteiger partial charge in [-0.1, -0.05) is 48.5 Å². The van der Waals surface area contributed by atoms with Gasteiger partial charge in [0.1, 0.15) is 0 Å². The van der Waals surface area contributed by atoms with Gasteiger partial charge in [0.2, 0.25) is 0 Å². The summed E-state index contributed by atoms with van der Waals surface area (Å²) in [6.07, 6.45) is 0. The Balaban J connectivity index is 1.71. The second-order valence-electron chi connectivity index (χ2n) is 5.15. The number of hydrogen-bond acceptors (Lipinski definition) is 2. The van der Waals surface area contributed by atoms with Crippen LogP contribution in [0, 0.1) is 6.92 Å². The molecule has 2 aromatic carbocycles. The lowest BCUT2D eigenvalue weighted by atomic mass is 10.0. The minimum absolute atomic E-state index is 0.214. The van der Waals surface area contributed by atoms with Gasteiger partial charge in [0, 0.05) is 18.7 Å². The third-order valence-electron chi connectivity index (χ3n) is 3.72. The third-order valence-corrected chi connectivity index (χ3v) is 3.72. The molecule has 19 heavy (non-hydrogen) atoms. The first-order valence-corrected chi connectivity index (χ1v) is 6.62. The summed E-state index contributed by atoms with van der Waals surface area (Å²) in [6.45, 7) is 4.26. The average molecular weight is 251 g/mol. The molecule has 0 radical (unpaired) electrons. The van der Waals surface area contributed by atoms with Crippen LogP contribution in [0.15, 0.2) is 48.5 Å². The molecule has 3 rings (SSSR count). The highest BCUT2D eigenvalue weighted by Gasteiger charge is 2.21. The van der Waals surface area contributed by atoms with E-state index in [1.165, 1.54) is 11.1 Å². The highest BCUT2D eigenvalue weighted by atomic mass is 16.1. The van der Waals surface area contributed by atoms with Crippen LogP contribution >= 0.6 is 0 Å². The maximum atomic E-state index is 12.3. The molecule has 0 saturated carbocycles. The lowest BCUT2D eigenvalue weighted by Crippen LogP contribution is -2.25. The van der Waals surface area contributed by atoms with Gasteiger partial charge in [-0.3, -0.25) is 9.69 Å². The van der Waals surface area contributed by atoms with E-state index in [9.17, 15) is 4.79 Å². The second kappa shape index (κ2) is 4.98. The Morgan fingerprint density at radius 3 is 2.21 bits per heavy atom. The number of fused-ring (bicyclic) bond motifs is 1. The Morgan fingerprint density at radius 2 is 1.58 bits per heavy atom. The van der Waals surface area contributed by atoms with Gasteiger partial charge in [-0.25, -0.2) is 0 Å². The second-order valence-corrected chi connectivity index (χ2v) is 5.15. The predicted octanol–water partition coefficient (Wildman–Crippen LogP) is 3.19. The van der Waals surface area contributed by atoms with Gasteiger partial charge in [-0.15, -0.1) is 0 Å². The van der Waals surface area contributed by atoms with Crippen LogP contribution < -0.4 is 0 Å². The normalized spacial score (nSPS) is 14.4. The first kappa shape index (κ1) is 12.1. The fraction of sp³-hybridized carbons (Fsp3) is 0.235.